The molecule has 3 aromatic rings. The largest absolute Gasteiger partial charge is 0.380 e. The number of pyridine rings is 1. The van der Waals surface area contributed by atoms with Gasteiger partial charge in [-0.2, -0.15) is 0 Å². The Hall–Kier alpha value is -2.19. The monoisotopic (exact) mass is 263 g/mol. The van der Waals surface area contributed by atoms with Crippen molar-refractivity contribution in [1.29, 1.82) is 0 Å². The zero-order valence-corrected chi connectivity index (χ0v) is 11.5. The zero-order valence-electron chi connectivity index (χ0n) is 11.5. The smallest absolute Gasteiger partial charge is 0.115 e. The molecular formula is C18H17NO. The van der Waals surface area contributed by atoms with Crippen molar-refractivity contribution in [2.24, 2.45) is 0 Å². The van der Waals surface area contributed by atoms with E-state index >= 15 is 0 Å². The molecule has 2 nitrogen and oxygen atoms in total. The van der Waals surface area contributed by atoms with E-state index in [1.807, 2.05) is 67.7 Å². The van der Waals surface area contributed by atoms with Crippen LogP contribution in [0.5, 0.6) is 0 Å². The zero-order chi connectivity index (χ0) is 14.0. The van der Waals surface area contributed by atoms with Gasteiger partial charge in [-0.15, -0.1) is 0 Å². The fourth-order valence-electron chi connectivity index (χ4n) is 2.74. The van der Waals surface area contributed by atoms with E-state index in [4.69, 9.17) is 0 Å². The fraction of sp³-hybridized carbons (Fsp3) is 0.167. The predicted molar refractivity (Wildman–Crippen MR) is 81.5 cm³/mol. The maximum absolute atomic E-state index is 11.2. The van der Waals surface area contributed by atoms with Crippen LogP contribution in [0.15, 0.2) is 67.0 Å². The van der Waals surface area contributed by atoms with Gasteiger partial charge in [-0.3, -0.25) is 4.98 Å². The molecule has 1 unspecified atom stereocenters. The fourth-order valence-corrected chi connectivity index (χ4v) is 2.74. The van der Waals surface area contributed by atoms with Gasteiger partial charge in [-0.05, 0) is 29.0 Å². The van der Waals surface area contributed by atoms with Gasteiger partial charge in [0, 0.05) is 17.8 Å². The highest BCUT2D eigenvalue weighted by Gasteiger charge is 2.30. The second-order valence-corrected chi connectivity index (χ2v) is 4.98. The summed E-state index contributed by atoms with van der Waals surface area (Å²) in [5.41, 5.74) is 0.847. The van der Waals surface area contributed by atoms with Crippen molar-refractivity contribution in [1.82, 2.24) is 4.98 Å². The van der Waals surface area contributed by atoms with Crippen molar-refractivity contribution < 1.29 is 5.11 Å². The van der Waals surface area contributed by atoms with Crippen molar-refractivity contribution in [2.45, 2.75) is 18.9 Å². The molecule has 0 fully saturated rings. The van der Waals surface area contributed by atoms with Crippen molar-refractivity contribution in [2.75, 3.05) is 0 Å². The summed E-state index contributed by atoms with van der Waals surface area (Å²) in [6, 6.07) is 17.8. The van der Waals surface area contributed by atoms with Gasteiger partial charge in [0.05, 0.1) is 0 Å². The van der Waals surface area contributed by atoms with Gasteiger partial charge in [0.1, 0.15) is 5.60 Å². The van der Waals surface area contributed by atoms with Crippen LogP contribution in [0.1, 0.15) is 24.5 Å². The van der Waals surface area contributed by atoms with E-state index in [1.54, 1.807) is 6.20 Å². The van der Waals surface area contributed by atoms with Crippen molar-refractivity contribution in [3.63, 3.8) is 0 Å². The third-order valence-electron chi connectivity index (χ3n) is 3.89. The molecule has 100 valence electrons. The maximum atomic E-state index is 11.2. The quantitative estimate of drug-likeness (QED) is 0.778. The summed E-state index contributed by atoms with van der Waals surface area (Å²) in [6.45, 7) is 2.00. The van der Waals surface area contributed by atoms with Gasteiger partial charge in [0.25, 0.3) is 0 Å². The average molecular weight is 263 g/mol. The van der Waals surface area contributed by atoms with Gasteiger partial charge in [-0.1, -0.05) is 55.5 Å². The lowest BCUT2D eigenvalue weighted by Crippen LogP contribution is -2.26. The molecule has 0 spiro atoms. The topological polar surface area (TPSA) is 33.1 Å². The molecule has 0 radical (unpaired) electrons. The standard InChI is InChI=1S/C18H17NO/c1-2-18(20,15-8-4-3-5-9-15)17-10-6-7-14-11-12-19-13-16(14)17/h3-13,20H,2H2,1H3. The molecule has 0 saturated heterocycles. The van der Waals surface area contributed by atoms with Crippen LogP contribution in [-0.2, 0) is 5.60 Å². The molecule has 1 aromatic heterocycles. The molecule has 1 atom stereocenters. The molecule has 0 aliphatic rings. The number of nitrogens with zero attached hydrogens (tertiary/aromatic N) is 1. The minimum absolute atomic E-state index is 0.616. The Morgan fingerprint density at radius 2 is 1.80 bits per heavy atom. The summed E-state index contributed by atoms with van der Waals surface area (Å²) in [7, 11) is 0. The number of aliphatic hydroxyl groups is 1. The molecule has 0 saturated carbocycles. The Labute approximate surface area is 118 Å². The van der Waals surface area contributed by atoms with Crippen LogP contribution in [0.2, 0.25) is 0 Å². The predicted octanol–water partition coefficient (Wildman–Crippen LogP) is 3.88. The summed E-state index contributed by atoms with van der Waals surface area (Å²) in [6.07, 6.45) is 4.22. The summed E-state index contributed by atoms with van der Waals surface area (Å²) < 4.78 is 0. The highest BCUT2D eigenvalue weighted by atomic mass is 16.3. The van der Waals surface area contributed by atoms with Gasteiger partial charge in [0.15, 0.2) is 0 Å². The third kappa shape index (κ3) is 1.98. The lowest BCUT2D eigenvalue weighted by molar-refractivity contribution is 0.0781. The number of aromatic nitrogens is 1. The number of hydrogen-bond donors (Lipinski definition) is 1. The highest BCUT2D eigenvalue weighted by molar-refractivity contribution is 5.86. The normalized spacial score (nSPS) is 14.1. The van der Waals surface area contributed by atoms with E-state index in [-0.39, 0.29) is 0 Å². The first-order valence-electron chi connectivity index (χ1n) is 6.87. The van der Waals surface area contributed by atoms with E-state index < -0.39 is 5.60 Å². The lowest BCUT2D eigenvalue weighted by atomic mass is 9.82. The van der Waals surface area contributed by atoms with Crippen LogP contribution in [-0.4, -0.2) is 10.1 Å². The molecule has 3 rings (SSSR count). The first-order chi connectivity index (χ1) is 9.75. The number of benzene rings is 2. The molecular weight excluding hydrogens is 246 g/mol. The second-order valence-electron chi connectivity index (χ2n) is 4.98. The van der Waals surface area contributed by atoms with Crippen LogP contribution in [0, 0.1) is 0 Å². The van der Waals surface area contributed by atoms with Crippen LogP contribution >= 0.6 is 0 Å². The van der Waals surface area contributed by atoms with Crippen molar-refractivity contribution in [3.8, 4) is 0 Å². The molecule has 2 heteroatoms. The Morgan fingerprint density at radius 3 is 2.55 bits per heavy atom. The van der Waals surface area contributed by atoms with Crippen LogP contribution in [0.3, 0.4) is 0 Å². The summed E-state index contributed by atoms with van der Waals surface area (Å²) in [5, 5.41) is 13.3. The third-order valence-corrected chi connectivity index (χ3v) is 3.89. The molecule has 1 heterocycles. The molecule has 2 aromatic carbocycles. The molecule has 0 aliphatic carbocycles. The minimum Gasteiger partial charge on any atom is -0.380 e. The van der Waals surface area contributed by atoms with E-state index in [9.17, 15) is 5.11 Å². The molecule has 20 heavy (non-hydrogen) atoms. The number of hydrogen-bond acceptors (Lipinski definition) is 2. The van der Waals surface area contributed by atoms with E-state index in [1.165, 1.54) is 0 Å². The van der Waals surface area contributed by atoms with Crippen molar-refractivity contribution in [3.05, 3.63) is 78.1 Å². The van der Waals surface area contributed by atoms with Crippen LogP contribution in [0.4, 0.5) is 0 Å². The van der Waals surface area contributed by atoms with Gasteiger partial charge >= 0.3 is 0 Å². The van der Waals surface area contributed by atoms with E-state index in [2.05, 4.69) is 4.98 Å². The van der Waals surface area contributed by atoms with Crippen LogP contribution < -0.4 is 0 Å². The Kier molecular flexibility index (Phi) is 3.25. The second kappa shape index (κ2) is 5.06. The number of rotatable bonds is 3. The summed E-state index contributed by atoms with van der Waals surface area (Å²) >= 11 is 0. The van der Waals surface area contributed by atoms with Crippen molar-refractivity contribution >= 4 is 10.8 Å². The Balaban J connectivity index is 2.27. The Morgan fingerprint density at radius 1 is 1.00 bits per heavy atom. The maximum Gasteiger partial charge on any atom is 0.115 e. The highest BCUT2D eigenvalue weighted by Crippen LogP contribution is 2.36. The molecule has 1 N–H and O–H groups in total. The first kappa shape index (κ1) is 12.8. The average Bonchev–Trinajstić information content (AvgIpc) is 2.54. The van der Waals surface area contributed by atoms with E-state index in [0.29, 0.717) is 6.42 Å². The SMILES string of the molecule is CCC(O)(c1ccccc1)c1cccc2ccncc12. The van der Waals surface area contributed by atoms with Crippen LogP contribution in [0.25, 0.3) is 10.8 Å². The minimum atomic E-state index is -0.982. The van der Waals surface area contributed by atoms with Gasteiger partial charge in [0.2, 0.25) is 0 Å². The number of fused-ring (bicyclic) bond motifs is 1. The Bertz CT molecular complexity index is 718. The lowest BCUT2D eigenvalue weighted by Gasteiger charge is -2.29. The first-order valence-corrected chi connectivity index (χ1v) is 6.87. The summed E-state index contributed by atoms with van der Waals surface area (Å²) in [4.78, 5) is 4.20. The van der Waals surface area contributed by atoms with Gasteiger partial charge in [-0.25, -0.2) is 0 Å². The van der Waals surface area contributed by atoms with Gasteiger partial charge < -0.3 is 5.11 Å². The molecule has 0 amide bonds. The van der Waals surface area contributed by atoms with E-state index in [0.717, 1.165) is 21.9 Å². The molecule has 0 bridgehead atoms. The summed E-state index contributed by atoms with van der Waals surface area (Å²) in [5.74, 6) is 0. The molecule has 0 aliphatic heterocycles.